The highest BCUT2D eigenvalue weighted by atomic mass is 19.1. The molecule has 1 aromatic rings. The first-order chi connectivity index (χ1) is 8.65. The number of rotatable bonds is 4. The van der Waals surface area contributed by atoms with Gasteiger partial charge >= 0.3 is 0 Å². The lowest BCUT2D eigenvalue weighted by Gasteiger charge is -2.17. The zero-order valence-electron chi connectivity index (χ0n) is 9.96. The van der Waals surface area contributed by atoms with Crippen LogP contribution in [0, 0.1) is 23.5 Å². The number of benzene rings is 1. The van der Waals surface area contributed by atoms with Crippen molar-refractivity contribution in [1.29, 1.82) is 0 Å². The van der Waals surface area contributed by atoms with Crippen molar-refractivity contribution in [2.75, 3.05) is 0 Å². The van der Waals surface area contributed by atoms with Gasteiger partial charge in [-0.2, -0.15) is 0 Å². The van der Waals surface area contributed by atoms with E-state index in [0.29, 0.717) is 11.8 Å². The summed E-state index contributed by atoms with van der Waals surface area (Å²) >= 11 is 0. The maximum atomic E-state index is 13.5. The Morgan fingerprint density at radius 2 is 1.78 bits per heavy atom. The van der Waals surface area contributed by atoms with Gasteiger partial charge < -0.3 is 5.32 Å². The molecule has 18 heavy (non-hydrogen) atoms. The molecule has 0 aliphatic heterocycles. The van der Waals surface area contributed by atoms with E-state index < -0.39 is 17.5 Å². The van der Waals surface area contributed by atoms with Crippen LogP contribution in [-0.4, -0.2) is 11.9 Å². The van der Waals surface area contributed by atoms with Gasteiger partial charge in [-0.05, 0) is 55.7 Å². The van der Waals surface area contributed by atoms with Gasteiger partial charge in [-0.3, -0.25) is 4.79 Å². The van der Waals surface area contributed by atoms with E-state index in [-0.39, 0.29) is 11.6 Å². The van der Waals surface area contributed by atoms with E-state index in [4.69, 9.17) is 0 Å². The van der Waals surface area contributed by atoms with Gasteiger partial charge in [0.15, 0.2) is 0 Å². The van der Waals surface area contributed by atoms with Crippen molar-refractivity contribution < 1.29 is 13.6 Å². The van der Waals surface area contributed by atoms with E-state index >= 15 is 0 Å². The molecule has 0 bridgehead atoms. The molecule has 0 unspecified atom stereocenters. The van der Waals surface area contributed by atoms with Gasteiger partial charge in [-0.1, -0.05) is 0 Å². The molecule has 1 amide bonds. The smallest absolute Gasteiger partial charge is 0.254 e. The largest absolute Gasteiger partial charge is 0.349 e. The van der Waals surface area contributed by atoms with Crippen molar-refractivity contribution in [3.63, 3.8) is 0 Å². The van der Waals surface area contributed by atoms with Crippen LogP contribution in [-0.2, 0) is 0 Å². The van der Waals surface area contributed by atoms with Crippen LogP contribution in [0.5, 0.6) is 0 Å². The number of hydrogen-bond acceptors (Lipinski definition) is 1. The molecule has 0 heterocycles. The predicted molar refractivity (Wildman–Crippen MR) is 63.1 cm³/mol. The van der Waals surface area contributed by atoms with Crippen molar-refractivity contribution in [3.8, 4) is 0 Å². The summed E-state index contributed by atoms with van der Waals surface area (Å²) < 4.78 is 26.5. The molecule has 3 rings (SSSR count). The summed E-state index contributed by atoms with van der Waals surface area (Å²) in [5.74, 6) is -0.665. The molecule has 0 atom stereocenters. The van der Waals surface area contributed by atoms with Crippen LogP contribution in [0.15, 0.2) is 18.2 Å². The van der Waals surface area contributed by atoms with Gasteiger partial charge in [-0.15, -0.1) is 0 Å². The molecule has 2 aliphatic carbocycles. The van der Waals surface area contributed by atoms with Crippen LogP contribution in [0.4, 0.5) is 8.78 Å². The monoisotopic (exact) mass is 251 g/mol. The molecular formula is C14H15F2NO. The summed E-state index contributed by atoms with van der Waals surface area (Å²) in [5, 5.41) is 2.88. The maximum absolute atomic E-state index is 13.5. The van der Waals surface area contributed by atoms with E-state index in [9.17, 15) is 13.6 Å². The van der Waals surface area contributed by atoms with Crippen molar-refractivity contribution in [2.45, 2.75) is 31.7 Å². The average molecular weight is 251 g/mol. The average Bonchev–Trinajstić information content (AvgIpc) is 3.21. The van der Waals surface area contributed by atoms with E-state index in [1.165, 1.54) is 0 Å². The molecule has 0 aromatic heterocycles. The third kappa shape index (κ3) is 2.37. The molecule has 96 valence electrons. The van der Waals surface area contributed by atoms with E-state index in [0.717, 1.165) is 43.9 Å². The predicted octanol–water partition coefficient (Wildman–Crippen LogP) is 2.88. The molecular weight excluding hydrogens is 236 g/mol. The fourth-order valence-corrected chi connectivity index (χ4v) is 2.43. The van der Waals surface area contributed by atoms with E-state index in [2.05, 4.69) is 5.32 Å². The Balaban J connectivity index is 1.75. The number of halogens is 2. The quantitative estimate of drug-likeness (QED) is 0.876. The fraction of sp³-hybridized carbons (Fsp3) is 0.500. The third-order valence-electron chi connectivity index (χ3n) is 3.73. The highest BCUT2D eigenvalue weighted by Gasteiger charge is 2.42. The normalized spacial score (nSPS) is 19.1. The number of hydrogen-bond donors (Lipinski definition) is 1. The zero-order valence-corrected chi connectivity index (χ0v) is 9.96. The Kier molecular flexibility index (Phi) is 2.80. The molecule has 0 spiro atoms. The molecule has 1 N–H and O–H groups in total. The Bertz CT molecular complexity index is 469. The van der Waals surface area contributed by atoms with Gasteiger partial charge in [0.2, 0.25) is 0 Å². The third-order valence-corrected chi connectivity index (χ3v) is 3.73. The van der Waals surface area contributed by atoms with Gasteiger partial charge in [-0.25, -0.2) is 8.78 Å². The summed E-state index contributed by atoms with van der Waals surface area (Å²) in [5.41, 5.74) is -0.193. The van der Waals surface area contributed by atoms with E-state index in [1.807, 2.05) is 0 Å². The Morgan fingerprint density at radius 3 is 2.33 bits per heavy atom. The summed E-state index contributed by atoms with van der Waals surface area (Å²) in [6, 6.07) is 3.13. The summed E-state index contributed by atoms with van der Waals surface area (Å²) in [7, 11) is 0. The van der Waals surface area contributed by atoms with Crippen LogP contribution < -0.4 is 5.32 Å². The second kappa shape index (κ2) is 4.34. The van der Waals surface area contributed by atoms with Crippen LogP contribution in [0.25, 0.3) is 0 Å². The summed E-state index contributed by atoms with van der Waals surface area (Å²) in [6.45, 7) is 0. The first-order valence-electron chi connectivity index (χ1n) is 6.41. The number of nitrogens with one attached hydrogen (secondary N) is 1. The van der Waals surface area contributed by atoms with Crippen LogP contribution in [0.2, 0.25) is 0 Å². The Labute approximate surface area is 104 Å². The van der Waals surface area contributed by atoms with Crippen molar-refractivity contribution in [2.24, 2.45) is 11.8 Å². The van der Waals surface area contributed by atoms with Crippen molar-refractivity contribution >= 4 is 5.91 Å². The fourth-order valence-electron chi connectivity index (χ4n) is 2.43. The number of amides is 1. The molecule has 0 radical (unpaired) electrons. The zero-order chi connectivity index (χ0) is 12.7. The first-order valence-corrected chi connectivity index (χ1v) is 6.41. The van der Waals surface area contributed by atoms with Crippen LogP contribution >= 0.6 is 0 Å². The van der Waals surface area contributed by atoms with Crippen molar-refractivity contribution in [1.82, 2.24) is 5.32 Å². The molecule has 4 heteroatoms. The Morgan fingerprint density at radius 1 is 1.17 bits per heavy atom. The van der Waals surface area contributed by atoms with Crippen LogP contribution in [0.1, 0.15) is 36.0 Å². The molecule has 2 aliphatic rings. The number of carbonyl (C=O) groups excluding carboxylic acids is 1. The lowest BCUT2D eigenvalue weighted by atomic mass is 10.1. The summed E-state index contributed by atoms with van der Waals surface area (Å²) in [4.78, 5) is 12.0. The highest BCUT2D eigenvalue weighted by Crippen LogP contribution is 2.44. The van der Waals surface area contributed by atoms with Gasteiger partial charge in [0.25, 0.3) is 5.91 Å². The minimum absolute atomic E-state index is 0.153. The van der Waals surface area contributed by atoms with Gasteiger partial charge in [0, 0.05) is 6.04 Å². The Hall–Kier alpha value is -1.45. The highest BCUT2D eigenvalue weighted by molar-refractivity contribution is 5.94. The molecule has 2 saturated carbocycles. The standard InChI is InChI=1S/C14H15F2NO/c15-10-5-6-12(16)11(7-10)14(18)17-13(8-1-2-8)9-3-4-9/h5-9,13H,1-4H2,(H,17,18). The SMILES string of the molecule is O=C(NC(C1CC1)C1CC1)c1cc(F)ccc1F. The van der Waals surface area contributed by atoms with Crippen molar-refractivity contribution in [3.05, 3.63) is 35.4 Å². The maximum Gasteiger partial charge on any atom is 0.254 e. The second-order valence-corrected chi connectivity index (χ2v) is 5.30. The summed E-state index contributed by atoms with van der Waals surface area (Å²) in [6.07, 6.45) is 4.53. The lowest BCUT2D eigenvalue weighted by Crippen LogP contribution is -2.38. The number of carbonyl (C=O) groups is 1. The molecule has 2 nitrogen and oxygen atoms in total. The molecule has 2 fully saturated rings. The topological polar surface area (TPSA) is 29.1 Å². The second-order valence-electron chi connectivity index (χ2n) is 5.30. The van der Waals surface area contributed by atoms with Crippen LogP contribution in [0.3, 0.4) is 0 Å². The van der Waals surface area contributed by atoms with E-state index in [1.54, 1.807) is 0 Å². The van der Waals surface area contributed by atoms with Gasteiger partial charge in [0.1, 0.15) is 11.6 Å². The van der Waals surface area contributed by atoms with Gasteiger partial charge in [0.05, 0.1) is 5.56 Å². The molecule has 1 aromatic carbocycles. The lowest BCUT2D eigenvalue weighted by molar-refractivity contribution is 0.0921. The molecule has 0 saturated heterocycles. The minimum Gasteiger partial charge on any atom is -0.349 e. The minimum atomic E-state index is -0.667. The first kappa shape index (κ1) is 11.6.